The number of Topliss-reactive ketones (excluding diaryl/α,β-unsaturated/α-hetero) is 1. The molecule has 1 heterocycles. The number of rotatable bonds is 7. The molecule has 1 saturated carbocycles. The van der Waals surface area contributed by atoms with Gasteiger partial charge in [0.1, 0.15) is 0 Å². The lowest BCUT2D eigenvalue weighted by atomic mass is 9.59. The SMILES string of the molecule is Cc1ccc(C2=C(c3ccc(C)cc3)[C@@]3(c4ccccc4)C(=O)[C@@]2(c2ccccc2)[C@H]2C(=O)N(c4ccc(-c5ccc([N+](=O)[O-])cc5)cc4)C(=O)[C@@H]23)cc1. The summed E-state index contributed by atoms with van der Waals surface area (Å²) in [5, 5.41) is 11.2. The first kappa shape index (κ1) is 33.1. The molecule has 4 atom stereocenters. The number of hydrogen-bond donors (Lipinski definition) is 0. The topological polar surface area (TPSA) is 97.6 Å². The number of nitro benzene ring substituents is 1. The van der Waals surface area contributed by atoms with Gasteiger partial charge in [0, 0.05) is 12.1 Å². The molecular formula is C47H34N2O5. The normalized spacial score (nSPS) is 22.9. The highest BCUT2D eigenvalue weighted by Crippen LogP contribution is 2.74. The van der Waals surface area contributed by atoms with Crippen molar-refractivity contribution in [3.8, 4) is 11.1 Å². The van der Waals surface area contributed by atoms with E-state index >= 15 is 14.4 Å². The highest BCUT2D eigenvalue weighted by atomic mass is 16.6. The van der Waals surface area contributed by atoms with Crippen molar-refractivity contribution < 1.29 is 19.3 Å². The number of carbonyl (C=O) groups excluding carboxylic acids is 3. The van der Waals surface area contributed by atoms with Crippen LogP contribution in [0.25, 0.3) is 22.3 Å². The van der Waals surface area contributed by atoms with Gasteiger partial charge in [-0.15, -0.1) is 0 Å². The van der Waals surface area contributed by atoms with Gasteiger partial charge in [0.2, 0.25) is 11.8 Å². The Morgan fingerprint density at radius 3 is 1.26 bits per heavy atom. The molecule has 7 nitrogen and oxygen atoms in total. The molecule has 2 fully saturated rings. The van der Waals surface area contributed by atoms with Crippen molar-refractivity contribution in [1.29, 1.82) is 0 Å². The Kier molecular flexibility index (Phi) is 7.47. The van der Waals surface area contributed by atoms with E-state index in [1.54, 1.807) is 36.4 Å². The van der Waals surface area contributed by atoms with E-state index in [0.717, 1.165) is 44.5 Å². The number of amides is 2. The van der Waals surface area contributed by atoms with Crippen molar-refractivity contribution in [3.05, 3.63) is 201 Å². The second-order valence-corrected chi connectivity index (χ2v) is 14.5. The standard InChI is InChI=1S/C47H34N2O5/c1-29-13-17-33(18-14-29)39-40(34-19-15-30(2)16-20-34)47(36-11-7-4-8-12-36)42-41(46(39,45(47)52)35-9-5-3-6-10-35)43(50)48(44(42)51)37-25-21-31(22-26-37)32-23-27-38(28-24-32)49(53)54/h3-28,41-42H,1-2H3/t41-,42-,46-,47-/m1/s1. The fourth-order valence-electron chi connectivity index (χ4n) is 9.40. The summed E-state index contributed by atoms with van der Waals surface area (Å²) in [4.78, 5) is 58.8. The number of ketones is 1. The van der Waals surface area contributed by atoms with Crippen LogP contribution in [0, 0.1) is 35.8 Å². The van der Waals surface area contributed by atoms with Crippen LogP contribution >= 0.6 is 0 Å². The van der Waals surface area contributed by atoms with Crippen molar-refractivity contribution in [1.82, 2.24) is 0 Å². The minimum Gasteiger partial charge on any atom is -0.297 e. The van der Waals surface area contributed by atoms with Crippen LogP contribution in [0.15, 0.2) is 158 Å². The van der Waals surface area contributed by atoms with Gasteiger partial charge in [-0.3, -0.25) is 24.5 Å². The number of anilines is 1. The summed E-state index contributed by atoms with van der Waals surface area (Å²) in [6.45, 7) is 4.03. The first-order valence-electron chi connectivity index (χ1n) is 18.0. The number of nitrogens with zero attached hydrogens (tertiary/aromatic N) is 2. The fourth-order valence-corrected chi connectivity index (χ4v) is 9.40. The van der Waals surface area contributed by atoms with E-state index in [0.29, 0.717) is 16.8 Å². The minimum absolute atomic E-state index is 0.0114. The Morgan fingerprint density at radius 1 is 0.500 bits per heavy atom. The Morgan fingerprint density at radius 2 is 0.870 bits per heavy atom. The van der Waals surface area contributed by atoms with Crippen LogP contribution in [-0.2, 0) is 25.2 Å². The Balaban J connectivity index is 1.31. The predicted octanol–water partition coefficient (Wildman–Crippen LogP) is 9.07. The first-order valence-corrected chi connectivity index (χ1v) is 18.0. The van der Waals surface area contributed by atoms with E-state index in [-0.39, 0.29) is 11.5 Å². The number of allylic oxidation sites excluding steroid dienone is 2. The monoisotopic (exact) mass is 706 g/mol. The molecule has 0 N–H and O–H groups in total. The quantitative estimate of drug-likeness (QED) is 0.0938. The highest BCUT2D eigenvalue weighted by molar-refractivity contribution is 6.39. The molecule has 0 aromatic heterocycles. The zero-order valence-electron chi connectivity index (χ0n) is 29.6. The van der Waals surface area contributed by atoms with Gasteiger partial charge in [0.25, 0.3) is 5.69 Å². The van der Waals surface area contributed by atoms with Crippen molar-refractivity contribution in [2.75, 3.05) is 4.90 Å². The summed E-state index contributed by atoms with van der Waals surface area (Å²) in [6, 6.07) is 48.6. The van der Waals surface area contributed by atoms with Gasteiger partial charge in [-0.05, 0) is 82.6 Å². The zero-order valence-corrected chi connectivity index (χ0v) is 29.6. The number of aryl methyl sites for hydroxylation is 2. The highest BCUT2D eigenvalue weighted by Gasteiger charge is 2.82. The third kappa shape index (κ3) is 4.45. The Bertz CT molecular complexity index is 2400. The van der Waals surface area contributed by atoms with Gasteiger partial charge in [-0.25, -0.2) is 4.90 Å². The molecule has 0 radical (unpaired) electrons. The lowest BCUT2D eigenvalue weighted by Gasteiger charge is -2.39. The van der Waals surface area contributed by atoms with Crippen LogP contribution < -0.4 is 4.90 Å². The number of benzene rings is 6. The summed E-state index contributed by atoms with van der Waals surface area (Å²) in [7, 11) is 0. The third-order valence-corrected chi connectivity index (χ3v) is 11.7. The van der Waals surface area contributed by atoms with E-state index in [2.05, 4.69) is 0 Å². The smallest absolute Gasteiger partial charge is 0.269 e. The van der Waals surface area contributed by atoms with E-state index in [1.807, 2.05) is 123 Å². The van der Waals surface area contributed by atoms with E-state index in [1.165, 1.54) is 17.0 Å². The van der Waals surface area contributed by atoms with Crippen LogP contribution in [0.3, 0.4) is 0 Å². The van der Waals surface area contributed by atoms with E-state index < -0.39 is 39.4 Å². The van der Waals surface area contributed by atoms with Gasteiger partial charge in [0.05, 0.1) is 33.3 Å². The maximum Gasteiger partial charge on any atom is 0.269 e. The molecule has 9 rings (SSSR count). The molecule has 3 aliphatic rings. The summed E-state index contributed by atoms with van der Waals surface area (Å²) in [5.41, 5.74) is 5.58. The third-order valence-electron chi connectivity index (χ3n) is 11.7. The largest absolute Gasteiger partial charge is 0.297 e. The van der Waals surface area contributed by atoms with Crippen molar-refractivity contribution in [2.45, 2.75) is 24.7 Å². The Hall–Kier alpha value is -6.73. The average Bonchev–Trinajstić information content (AvgIpc) is 3.71. The molecule has 2 aliphatic carbocycles. The summed E-state index contributed by atoms with van der Waals surface area (Å²) < 4.78 is 0. The first-order chi connectivity index (χ1) is 26.2. The predicted molar refractivity (Wildman–Crippen MR) is 208 cm³/mol. The molecule has 1 aliphatic heterocycles. The summed E-state index contributed by atoms with van der Waals surface area (Å²) in [6.07, 6.45) is 0. The van der Waals surface area contributed by atoms with Crippen LogP contribution in [-0.4, -0.2) is 22.5 Å². The minimum atomic E-state index is -1.49. The van der Waals surface area contributed by atoms with Gasteiger partial charge < -0.3 is 0 Å². The number of hydrogen-bond acceptors (Lipinski definition) is 5. The number of nitro groups is 1. The molecule has 2 amide bonds. The zero-order chi connectivity index (χ0) is 37.4. The molecule has 0 unspecified atom stereocenters. The van der Waals surface area contributed by atoms with E-state index in [4.69, 9.17) is 0 Å². The maximum atomic E-state index is 16.1. The molecule has 6 aromatic carbocycles. The summed E-state index contributed by atoms with van der Waals surface area (Å²) in [5.74, 6) is -3.06. The van der Waals surface area contributed by atoms with Crippen LogP contribution in [0.5, 0.6) is 0 Å². The average molecular weight is 707 g/mol. The maximum absolute atomic E-state index is 16.1. The molecule has 54 heavy (non-hydrogen) atoms. The lowest BCUT2D eigenvalue weighted by molar-refractivity contribution is -0.384. The molecule has 0 spiro atoms. The lowest BCUT2D eigenvalue weighted by Crippen LogP contribution is -2.45. The molecule has 7 heteroatoms. The van der Waals surface area contributed by atoms with Crippen molar-refractivity contribution in [3.63, 3.8) is 0 Å². The van der Waals surface area contributed by atoms with Gasteiger partial charge in [-0.1, -0.05) is 132 Å². The van der Waals surface area contributed by atoms with Gasteiger partial charge in [-0.2, -0.15) is 0 Å². The fraction of sp³-hybridized carbons (Fsp3) is 0.128. The van der Waals surface area contributed by atoms with Crippen LogP contribution in [0.4, 0.5) is 11.4 Å². The van der Waals surface area contributed by atoms with Gasteiger partial charge in [0.15, 0.2) is 5.78 Å². The second-order valence-electron chi connectivity index (χ2n) is 14.5. The van der Waals surface area contributed by atoms with Crippen LogP contribution in [0.2, 0.25) is 0 Å². The molecule has 262 valence electrons. The molecule has 2 bridgehead atoms. The van der Waals surface area contributed by atoms with Crippen LogP contribution in [0.1, 0.15) is 33.4 Å². The van der Waals surface area contributed by atoms with Crippen molar-refractivity contribution >= 4 is 40.1 Å². The number of fused-ring (bicyclic) bond motifs is 5. The number of non-ortho nitro benzene ring substituents is 1. The second kappa shape index (κ2) is 12.2. The number of carbonyl (C=O) groups is 3. The molecule has 6 aromatic rings. The number of imide groups is 1. The van der Waals surface area contributed by atoms with Gasteiger partial charge >= 0.3 is 0 Å². The van der Waals surface area contributed by atoms with Crippen molar-refractivity contribution in [2.24, 2.45) is 11.8 Å². The van der Waals surface area contributed by atoms with E-state index in [9.17, 15) is 10.1 Å². The molecular weight excluding hydrogens is 673 g/mol. The Labute approximate surface area is 312 Å². The summed E-state index contributed by atoms with van der Waals surface area (Å²) >= 11 is 0. The molecule has 1 saturated heterocycles.